The molecule has 32 heavy (non-hydrogen) atoms. The lowest BCUT2D eigenvalue weighted by Gasteiger charge is -2.27. The first-order valence-corrected chi connectivity index (χ1v) is 11.8. The van der Waals surface area contributed by atoms with Gasteiger partial charge in [0.05, 0.1) is 0 Å². The van der Waals surface area contributed by atoms with Crippen molar-refractivity contribution in [2.45, 2.75) is 12.8 Å². The van der Waals surface area contributed by atoms with E-state index >= 15 is 0 Å². The molecule has 156 valence electrons. The van der Waals surface area contributed by atoms with Crippen LogP contribution in [0.3, 0.4) is 0 Å². The minimum Gasteiger partial charge on any atom is -0.310 e. The van der Waals surface area contributed by atoms with Gasteiger partial charge in [0.25, 0.3) is 0 Å². The van der Waals surface area contributed by atoms with E-state index in [0.29, 0.717) is 0 Å². The molecule has 0 amide bonds. The maximum atomic E-state index is 3.58. The summed E-state index contributed by atoms with van der Waals surface area (Å²) in [5, 5.41) is 0. The van der Waals surface area contributed by atoms with Crippen LogP contribution in [0.15, 0.2) is 126 Å². The maximum absolute atomic E-state index is 3.58. The molecule has 2 heteroatoms. The molecule has 0 unspecified atom stereocenters. The third-order valence-electron chi connectivity index (χ3n) is 5.71. The van der Waals surface area contributed by atoms with Crippen LogP contribution in [-0.2, 0) is 0 Å². The van der Waals surface area contributed by atoms with Gasteiger partial charge in [0, 0.05) is 21.5 Å². The SMILES string of the molecule is Brc1ccc(N(c2ccccc2)c2cc(C3=CCCC=C3)cc(-c3ccccc3)c2)cc1. The average Bonchev–Trinajstić information content (AvgIpc) is 2.87. The number of hydrogen-bond donors (Lipinski definition) is 0. The summed E-state index contributed by atoms with van der Waals surface area (Å²) in [4.78, 5) is 2.33. The van der Waals surface area contributed by atoms with E-state index in [0.717, 1.165) is 34.4 Å². The van der Waals surface area contributed by atoms with Crippen molar-refractivity contribution in [3.63, 3.8) is 0 Å². The fourth-order valence-corrected chi connectivity index (χ4v) is 4.41. The summed E-state index contributed by atoms with van der Waals surface area (Å²) in [5.74, 6) is 0. The fourth-order valence-electron chi connectivity index (χ4n) is 4.15. The zero-order valence-electron chi connectivity index (χ0n) is 17.8. The molecule has 0 atom stereocenters. The van der Waals surface area contributed by atoms with Crippen molar-refractivity contribution in [3.05, 3.63) is 131 Å². The fraction of sp³-hybridized carbons (Fsp3) is 0.0667. The number of hydrogen-bond acceptors (Lipinski definition) is 1. The molecule has 5 rings (SSSR count). The molecule has 0 radical (unpaired) electrons. The second kappa shape index (κ2) is 9.42. The first-order chi connectivity index (χ1) is 15.8. The van der Waals surface area contributed by atoms with Crippen molar-refractivity contribution in [2.24, 2.45) is 0 Å². The average molecular weight is 478 g/mol. The lowest BCUT2D eigenvalue weighted by Crippen LogP contribution is -2.10. The summed E-state index contributed by atoms with van der Waals surface area (Å²) >= 11 is 3.58. The van der Waals surface area contributed by atoms with Crippen molar-refractivity contribution in [1.29, 1.82) is 0 Å². The Morgan fingerprint density at radius 2 is 1.22 bits per heavy atom. The zero-order chi connectivity index (χ0) is 21.8. The van der Waals surface area contributed by atoms with Crippen LogP contribution in [0.4, 0.5) is 17.1 Å². The highest BCUT2D eigenvalue weighted by molar-refractivity contribution is 9.10. The summed E-state index contributed by atoms with van der Waals surface area (Å²) in [5.41, 5.74) is 8.39. The molecule has 1 aliphatic rings. The highest BCUT2D eigenvalue weighted by Crippen LogP contribution is 2.39. The molecule has 0 saturated heterocycles. The van der Waals surface area contributed by atoms with E-state index in [4.69, 9.17) is 0 Å². The molecule has 0 aliphatic heterocycles. The van der Waals surface area contributed by atoms with E-state index in [2.05, 4.69) is 142 Å². The van der Waals surface area contributed by atoms with E-state index in [-0.39, 0.29) is 0 Å². The molecule has 1 aliphatic carbocycles. The Balaban J connectivity index is 1.72. The van der Waals surface area contributed by atoms with Gasteiger partial charge < -0.3 is 4.90 Å². The van der Waals surface area contributed by atoms with Crippen molar-refractivity contribution >= 4 is 38.6 Å². The molecule has 0 spiro atoms. The molecule has 4 aromatic carbocycles. The Morgan fingerprint density at radius 1 is 0.562 bits per heavy atom. The molecule has 0 bridgehead atoms. The largest absolute Gasteiger partial charge is 0.310 e. The van der Waals surface area contributed by atoms with Crippen LogP contribution in [0.5, 0.6) is 0 Å². The summed E-state index contributed by atoms with van der Waals surface area (Å²) in [7, 11) is 0. The number of allylic oxidation sites excluding steroid dienone is 4. The third kappa shape index (κ3) is 4.46. The van der Waals surface area contributed by atoms with Crippen molar-refractivity contribution in [1.82, 2.24) is 0 Å². The molecule has 1 nitrogen and oxygen atoms in total. The minimum absolute atomic E-state index is 1.07. The predicted molar refractivity (Wildman–Crippen MR) is 141 cm³/mol. The Kier molecular flexibility index (Phi) is 6.04. The normalized spacial score (nSPS) is 13.0. The van der Waals surface area contributed by atoms with Crippen LogP contribution < -0.4 is 4.90 Å². The van der Waals surface area contributed by atoms with E-state index in [1.54, 1.807) is 0 Å². The molecule has 0 heterocycles. The second-order valence-electron chi connectivity index (χ2n) is 7.92. The molecule has 0 saturated carbocycles. The monoisotopic (exact) mass is 477 g/mol. The highest BCUT2D eigenvalue weighted by Gasteiger charge is 2.16. The quantitative estimate of drug-likeness (QED) is 0.276. The van der Waals surface area contributed by atoms with E-state index in [1.807, 2.05) is 0 Å². The number of para-hydroxylation sites is 1. The Hall–Kier alpha value is -3.36. The number of rotatable bonds is 5. The van der Waals surface area contributed by atoms with Crippen molar-refractivity contribution in [2.75, 3.05) is 4.90 Å². The van der Waals surface area contributed by atoms with Gasteiger partial charge in [0.15, 0.2) is 0 Å². The molecule has 0 N–H and O–H groups in total. The Morgan fingerprint density at radius 3 is 1.91 bits per heavy atom. The van der Waals surface area contributed by atoms with Crippen molar-refractivity contribution < 1.29 is 0 Å². The van der Waals surface area contributed by atoms with E-state index < -0.39 is 0 Å². The van der Waals surface area contributed by atoms with Gasteiger partial charge in [-0.1, -0.05) is 82.7 Å². The van der Waals surface area contributed by atoms with Gasteiger partial charge in [-0.3, -0.25) is 0 Å². The first-order valence-electron chi connectivity index (χ1n) is 11.0. The standard InChI is InChI=1S/C30H24BrN/c31-27-16-18-29(19-17-27)32(28-14-8-3-9-15-28)30-21-25(23-10-4-1-5-11-23)20-26(22-30)24-12-6-2-7-13-24/h1,3-6,8-22H,2,7H2. The third-order valence-corrected chi connectivity index (χ3v) is 6.24. The smallest absolute Gasteiger partial charge is 0.0473 e. The van der Waals surface area contributed by atoms with Gasteiger partial charge in [-0.25, -0.2) is 0 Å². The van der Waals surface area contributed by atoms with Crippen molar-refractivity contribution in [3.8, 4) is 11.1 Å². The summed E-state index contributed by atoms with van der Waals surface area (Å²) in [6.45, 7) is 0. The zero-order valence-corrected chi connectivity index (χ0v) is 19.4. The van der Waals surface area contributed by atoms with E-state index in [1.165, 1.54) is 22.3 Å². The number of anilines is 3. The summed E-state index contributed by atoms with van der Waals surface area (Å²) in [6.07, 6.45) is 9.08. The van der Waals surface area contributed by atoms with Crippen LogP contribution in [0.1, 0.15) is 18.4 Å². The molecule has 0 fully saturated rings. The van der Waals surface area contributed by atoms with Gasteiger partial charge in [-0.05, 0) is 89.7 Å². The molecule has 0 aromatic heterocycles. The number of nitrogens with zero attached hydrogens (tertiary/aromatic N) is 1. The Labute approximate surface area is 198 Å². The lowest BCUT2D eigenvalue weighted by molar-refractivity contribution is 1.04. The topological polar surface area (TPSA) is 3.24 Å². The van der Waals surface area contributed by atoms with Crippen LogP contribution in [-0.4, -0.2) is 0 Å². The van der Waals surface area contributed by atoms with Crippen LogP contribution in [0.2, 0.25) is 0 Å². The van der Waals surface area contributed by atoms with Crippen LogP contribution in [0.25, 0.3) is 16.7 Å². The summed E-state index contributed by atoms with van der Waals surface area (Å²) in [6, 6.07) is 36.6. The number of benzene rings is 4. The van der Waals surface area contributed by atoms with Gasteiger partial charge in [-0.2, -0.15) is 0 Å². The van der Waals surface area contributed by atoms with Crippen LogP contribution >= 0.6 is 15.9 Å². The minimum atomic E-state index is 1.07. The molecule has 4 aromatic rings. The Bertz CT molecular complexity index is 1260. The van der Waals surface area contributed by atoms with Gasteiger partial charge in [0.1, 0.15) is 0 Å². The lowest BCUT2D eigenvalue weighted by atomic mass is 9.94. The summed E-state index contributed by atoms with van der Waals surface area (Å²) < 4.78 is 1.07. The van der Waals surface area contributed by atoms with Crippen LogP contribution in [0, 0.1) is 0 Å². The number of halogens is 1. The van der Waals surface area contributed by atoms with E-state index in [9.17, 15) is 0 Å². The van der Waals surface area contributed by atoms with Gasteiger partial charge in [-0.15, -0.1) is 0 Å². The molecular formula is C30H24BrN. The highest BCUT2D eigenvalue weighted by atomic mass is 79.9. The van der Waals surface area contributed by atoms with Gasteiger partial charge >= 0.3 is 0 Å². The second-order valence-corrected chi connectivity index (χ2v) is 8.84. The molecular weight excluding hydrogens is 454 g/mol. The predicted octanol–water partition coefficient (Wildman–Crippen LogP) is 9.32. The first kappa shape index (κ1) is 20.5. The maximum Gasteiger partial charge on any atom is 0.0473 e. The van der Waals surface area contributed by atoms with Gasteiger partial charge in [0.2, 0.25) is 0 Å².